The zero-order valence-corrected chi connectivity index (χ0v) is 14.4. The molecule has 0 saturated carbocycles. The Labute approximate surface area is 147 Å². The van der Waals surface area contributed by atoms with Crippen LogP contribution >= 0.6 is 0 Å². The monoisotopic (exact) mass is 340 g/mol. The molecule has 2 N–H and O–H groups in total. The molecule has 1 aromatic carbocycles. The van der Waals surface area contributed by atoms with Crippen molar-refractivity contribution in [3.63, 3.8) is 0 Å². The third-order valence-electron chi connectivity index (χ3n) is 5.21. The Kier molecular flexibility index (Phi) is 4.74. The summed E-state index contributed by atoms with van der Waals surface area (Å²) in [6.45, 7) is 2.61. The molecule has 2 aromatic rings. The van der Waals surface area contributed by atoms with E-state index in [9.17, 15) is 4.79 Å². The lowest BCUT2D eigenvalue weighted by molar-refractivity contribution is -0.123. The number of hydrogen-bond acceptors (Lipinski definition) is 5. The van der Waals surface area contributed by atoms with Gasteiger partial charge in [-0.1, -0.05) is 18.6 Å². The normalized spacial score (nSPS) is 20.9. The number of fused-ring (bicyclic) bond motifs is 1. The summed E-state index contributed by atoms with van der Waals surface area (Å²) in [6.07, 6.45) is 6.81. The number of amides is 1. The van der Waals surface area contributed by atoms with E-state index in [1.54, 1.807) is 0 Å². The molecule has 7 heteroatoms. The van der Waals surface area contributed by atoms with Crippen LogP contribution in [0.25, 0.3) is 11.4 Å². The van der Waals surface area contributed by atoms with E-state index in [1.165, 1.54) is 30.4 Å². The maximum atomic E-state index is 12.5. The fourth-order valence-electron chi connectivity index (χ4n) is 3.95. The van der Waals surface area contributed by atoms with Crippen molar-refractivity contribution in [2.45, 2.75) is 44.6 Å². The molecule has 1 aromatic heterocycles. The lowest BCUT2D eigenvalue weighted by Crippen LogP contribution is -2.41. The van der Waals surface area contributed by atoms with Crippen LogP contribution in [0.5, 0.6) is 0 Å². The Balaban J connectivity index is 1.45. The molecular formula is C18H24N6O. The first-order chi connectivity index (χ1) is 12.3. The number of carbonyl (C=O) groups excluding carboxylic acids is 1. The van der Waals surface area contributed by atoms with Crippen LogP contribution in [-0.2, 0) is 11.2 Å². The molecule has 2 heterocycles. The fraction of sp³-hybridized carbons (Fsp3) is 0.556. The second-order valence-corrected chi connectivity index (χ2v) is 7.00. The van der Waals surface area contributed by atoms with E-state index in [0.29, 0.717) is 12.4 Å². The highest BCUT2D eigenvalue weighted by Gasteiger charge is 2.23. The van der Waals surface area contributed by atoms with Crippen LogP contribution in [0.3, 0.4) is 0 Å². The van der Waals surface area contributed by atoms with Crippen molar-refractivity contribution in [1.82, 2.24) is 30.8 Å². The van der Waals surface area contributed by atoms with Gasteiger partial charge in [-0.15, -0.1) is 10.2 Å². The van der Waals surface area contributed by atoms with Gasteiger partial charge in [0.25, 0.3) is 0 Å². The molecule has 1 aliphatic heterocycles. The number of nitrogens with zero attached hydrogens (tertiary/aromatic N) is 4. The largest absolute Gasteiger partial charge is 0.348 e. The first-order valence-electron chi connectivity index (χ1n) is 9.18. The number of rotatable bonds is 4. The first-order valence-corrected chi connectivity index (χ1v) is 9.18. The van der Waals surface area contributed by atoms with Gasteiger partial charge in [-0.25, -0.2) is 0 Å². The summed E-state index contributed by atoms with van der Waals surface area (Å²) in [4.78, 5) is 14.7. The summed E-state index contributed by atoms with van der Waals surface area (Å²) < 4.78 is 0. The van der Waals surface area contributed by atoms with Gasteiger partial charge in [-0.2, -0.15) is 5.21 Å². The zero-order chi connectivity index (χ0) is 17.1. The van der Waals surface area contributed by atoms with E-state index in [0.717, 1.165) is 37.9 Å². The number of tetrazole rings is 1. The Morgan fingerprint density at radius 1 is 1.24 bits per heavy atom. The van der Waals surface area contributed by atoms with Crippen LogP contribution in [0, 0.1) is 0 Å². The molecule has 0 bridgehead atoms. The van der Waals surface area contributed by atoms with Gasteiger partial charge < -0.3 is 5.32 Å². The topological polar surface area (TPSA) is 86.8 Å². The molecule has 25 heavy (non-hydrogen) atoms. The van der Waals surface area contributed by atoms with Crippen LogP contribution in [0.4, 0.5) is 0 Å². The number of aromatic amines is 1. The maximum Gasteiger partial charge on any atom is 0.234 e. The minimum absolute atomic E-state index is 0.111. The fourth-order valence-corrected chi connectivity index (χ4v) is 3.95. The number of benzene rings is 1. The van der Waals surface area contributed by atoms with Gasteiger partial charge in [-0.3, -0.25) is 9.69 Å². The van der Waals surface area contributed by atoms with Gasteiger partial charge in [0, 0.05) is 5.56 Å². The van der Waals surface area contributed by atoms with Crippen molar-refractivity contribution in [2.75, 3.05) is 19.6 Å². The summed E-state index contributed by atoms with van der Waals surface area (Å²) in [6, 6.07) is 6.36. The lowest BCUT2D eigenvalue weighted by atomic mass is 9.86. The van der Waals surface area contributed by atoms with Crippen LogP contribution in [0.2, 0.25) is 0 Å². The van der Waals surface area contributed by atoms with E-state index < -0.39 is 0 Å². The highest BCUT2D eigenvalue weighted by molar-refractivity contribution is 5.78. The smallest absolute Gasteiger partial charge is 0.234 e. The number of nitrogens with one attached hydrogen (secondary N) is 2. The average molecular weight is 340 g/mol. The lowest BCUT2D eigenvalue weighted by Gasteiger charge is -2.29. The SMILES string of the molecule is O=C(CN1CCCCC1)NC1CCCc2cc(-c3nn[nH]n3)ccc21. The highest BCUT2D eigenvalue weighted by atomic mass is 16.2. The molecule has 1 amide bonds. The minimum atomic E-state index is 0.111. The van der Waals surface area contributed by atoms with E-state index in [-0.39, 0.29) is 11.9 Å². The van der Waals surface area contributed by atoms with Crippen molar-refractivity contribution in [3.8, 4) is 11.4 Å². The average Bonchev–Trinajstić information content (AvgIpc) is 3.17. The van der Waals surface area contributed by atoms with E-state index >= 15 is 0 Å². The van der Waals surface area contributed by atoms with Crippen molar-refractivity contribution in [3.05, 3.63) is 29.3 Å². The Morgan fingerprint density at radius 2 is 2.12 bits per heavy atom. The molecule has 4 rings (SSSR count). The molecule has 0 radical (unpaired) electrons. The quantitative estimate of drug-likeness (QED) is 0.887. The molecule has 132 valence electrons. The van der Waals surface area contributed by atoms with Crippen LogP contribution in [0.15, 0.2) is 18.2 Å². The predicted octanol–water partition coefficient (Wildman–Crippen LogP) is 1.85. The molecule has 0 spiro atoms. The number of aryl methyl sites for hydroxylation is 1. The predicted molar refractivity (Wildman–Crippen MR) is 93.7 cm³/mol. The Hall–Kier alpha value is -2.28. The number of hydrogen-bond donors (Lipinski definition) is 2. The third-order valence-corrected chi connectivity index (χ3v) is 5.21. The number of H-pyrrole nitrogens is 1. The van der Waals surface area contributed by atoms with E-state index in [1.807, 2.05) is 6.07 Å². The van der Waals surface area contributed by atoms with E-state index in [2.05, 4.69) is 43.0 Å². The van der Waals surface area contributed by atoms with Crippen molar-refractivity contribution < 1.29 is 4.79 Å². The second kappa shape index (κ2) is 7.31. The van der Waals surface area contributed by atoms with Gasteiger partial charge in [0.05, 0.1) is 12.6 Å². The van der Waals surface area contributed by atoms with Gasteiger partial charge in [0.15, 0.2) is 0 Å². The van der Waals surface area contributed by atoms with Gasteiger partial charge in [0.2, 0.25) is 11.7 Å². The number of piperidine rings is 1. The third kappa shape index (κ3) is 3.71. The molecule has 1 fully saturated rings. The zero-order valence-electron chi connectivity index (χ0n) is 14.4. The first kappa shape index (κ1) is 16.2. The summed E-state index contributed by atoms with van der Waals surface area (Å²) in [5, 5.41) is 17.4. The number of likely N-dealkylation sites (tertiary alicyclic amines) is 1. The van der Waals surface area contributed by atoms with Gasteiger partial charge >= 0.3 is 0 Å². The molecule has 1 aliphatic carbocycles. The van der Waals surface area contributed by atoms with Gasteiger partial charge in [-0.05, 0) is 67.6 Å². The molecule has 1 atom stereocenters. The van der Waals surface area contributed by atoms with Crippen LogP contribution in [0.1, 0.15) is 49.3 Å². The van der Waals surface area contributed by atoms with Crippen molar-refractivity contribution in [2.24, 2.45) is 0 Å². The maximum absolute atomic E-state index is 12.5. The number of aromatic nitrogens is 4. The highest BCUT2D eigenvalue weighted by Crippen LogP contribution is 2.32. The Morgan fingerprint density at radius 3 is 2.92 bits per heavy atom. The summed E-state index contributed by atoms with van der Waals surface area (Å²) in [5.41, 5.74) is 3.47. The van der Waals surface area contributed by atoms with Crippen LogP contribution < -0.4 is 5.32 Å². The summed E-state index contributed by atoms with van der Waals surface area (Å²) in [5.74, 6) is 0.751. The molecule has 1 saturated heterocycles. The molecule has 7 nitrogen and oxygen atoms in total. The minimum Gasteiger partial charge on any atom is -0.348 e. The molecule has 1 unspecified atom stereocenters. The second-order valence-electron chi connectivity index (χ2n) is 7.00. The summed E-state index contributed by atoms with van der Waals surface area (Å²) >= 11 is 0. The summed E-state index contributed by atoms with van der Waals surface area (Å²) in [7, 11) is 0. The molecular weight excluding hydrogens is 316 g/mol. The van der Waals surface area contributed by atoms with Gasteiger partial charge in [0.1, 0.15) is 0 Å². The Bertz CT molecular complexity index is 723. The van der Waals surface area contributed by atoms with Crippen molar-refractivity contribution >= 4 is 5.91 Å². The standard InChI is InChI=1S/C18H24N6O/c25-17(12-24-9-2-1-3-10-24)19-16-6-4-5-13-11-14(7-8-15(13)16)18-20-22-23-21-18/h7-8,11,16H,1-6,9-10,12H2,(H,19,25)(H,20,21,22,23). The van der Waals surface area contributed by atoms with Crippen molar-refractivity contribution in [1.29, 1.82) is 0 Å². The molecule has 2 aliphatic rings. The number of carbonyl (C=O) groups is 1. The van der Waals surface area contributed by atoms with E-state index in [4.69, 9.17) is 0 Å². The van der Waals surface area contributed by atoms with Crippen LogP contribution in [-0.4, -0.2) is 51.1 Å².